The molecule has 6 heteroatoms. The van der Waals surface area contributed by atoms with E-state index in [0.717, 1.165) is 0 Å². The van der Waals surface area contributed by atoms with Crippen LogP contribution in [0.1, 0.15) is 6.92 Å². The van der Waals surface area contributed by atoms with E-state index in [9.17, 15) is 0 Å². The van der Waals surface area contributed by atoms with Gasteiger partial charge in [-0.3, -0.25) is 0 Å². The van der Waals surface area contributed by atoms with Gasteiger partial charge in [0.1, 0.15) is 0 Å². The highest BCUT2D eigenvalue weighted by molar-refractivity contribution is 6.46. The number of hydrogen-bond acceptors (Lipinski definition) is 0. The van der Waals surface area contributed by atoms with E-state index in [4.69, 9.17) is 69.6 Å². The minimum atomic E-state index is -0.826. The van der Waals surface area contributed by atoms with Gasteiger partial charge in [-0.2, -0.15) is 0 Å². The Morgan fingerprint density at radius 3 is 1.38 bits per heavy atom. The summed E-state index contributed by atoms with van der Waals surface area (Å²) < 4.78 is 0. The normalized spacial score (nSPS) is 57.9. The molecule has 0 spiro atoms. The molecule has 2 unspecified atom stereocenters. The van der Waals surface area contributed by atoms with E-state index in [0.29, 0.717) is 0 Å². The second kappa shape index (κ2) is 4.31. The van der Waals surface area contributed by atoms with Gasteiger partial charge in [-0.1, -0.05) is 0 Å². The number of halogens is 6. The lowest BCUT2D eigenvalue weighted by Crippen LogP contribution is -2.58. The highest BCUT2D eigenvalue weighted by Gasteiger charge is 2.54. The number of alkyl halides is 6. The molecule has 1 saturated carbocycles. The van der Waals surface area contributed by atoms with E-state index in [2.05, 4.69) is 0 Å². The van der Waals surface area contributed by atoms with Gasteiger partial charge in [0.05, 0.1) is 31.8 Å². The van der Waals surface area contributed by atoms with E-state index < -0.39 is 31.8 Å². The molecule has 1 aliphatic rings. The average molecular weight is 305 g/mol. The van der Waals surface area contributed by atoms with E-state index in [1.54, 1.807) is 6.92 Å². The van der Waals surface area contributed by atoms with Gasteiger partial charge in [0.2, 0.25) is 0 Å². The summed E-state index contributed by atoms with van der Waals surface area (Å²) in [5, 5.41) is -2.38. The molecule has 0 aromatic carbocycles. The van der Waals surface area contributed by atoms with Gasteiger partial charge in [0, 0.05) is 0 Å². The number of rotatable bonds is 0. The maximum absolute atomic E-state index is 6.14. The van der Waals surface area contributed by atoms with Crippen LogP contribution in [0.5, 0.6) is 0 Å². The first-order chi connectivity index (χ1) is 5.80. The Labute approximate surface area is 108 Å². The first kappa shape index (κ1) is 12.8. The van der Waals surface area contributed by atoms with Crippen LogP contribution in [-0.4, -0.2) is 31.8 Å². The molecule has 1 aliphatic carbocycles. The molecule has 0 radical (unpaired) electrons. The zero-order valence-corrected chi connectivity index (χ0v) is 11.2. The van der Waals surface area contributed by atoms with Gasteiger partial charge < -0.3 is 0 Å². The van der Waals surface area contributed by atoms with Crippen molar-refractivity contribution in [2.75, 3.05) is 0 Å². The molecule has 0 bridgehead atoms. The molecule has 0 heterocycles. The van der Waals surface area contributed by atoms with E-state index in [1.165, 1.54) is 0 Å². The zero-order chi connectivity index (χ0) is 10.4. The zero-order valence-electron chi connectivity index (χ0n) is 6.65. The lowest BCUT2D eigenvalue weighted by molar-refractivity contribution is 0.444. The van der Waals surface area contributed by atoms with Crippen LogP contribution in [0.2, 0.25) is 0 Å². The van der Waals surface area contributed by atoms with Crippen molar-refractivity contribution >= 4 is 69.6 Å². The topological polar surface area (TPSA) is 0 Å². The van der Waals surface area contributed by atoms with E-state index in [1.807, 2.05) is 0 Å². The molecule has 0 N–H and O–H groups in total. The van der Waals surface area contributed by atoms with Crippen LogP contribution in [0, 0.1) is 0 Å². The first-order valence-corrected chi connectivity index (χ1v) is 6.25. The smallest absolute Gasteiger partial charge is 0.0774 e. The Bertz CT molecular complexity index is 175. The summed E-state index contributed by atoms with van der Waals surface area (Å²) in [4.78, 5) is -0.826. The third-order valence-electron chi connectivity index (χ3n) is 2.25. The highest BCUT2D eigenvalue weighted by Crippen LogP contribution is 2.46. The monoisotopic (exact) mass is 302 g/mol. The molecule has 6 atom stereocenters. The minimum absolute atomic E-state index is 0.458. The van der Waals surface area contributed by atoms with Crippen LogP contribution in [0.25, 0.3) is 0 Å². The van der Waals surface area contributed by atoms with Crippen molar-refractivity contribution in [3.05, 3.63) is 0 Å². The van der Waals surface area contributed by atoms with Gasteiger partial charge in [-0.25, -0.2) is 0 Å². The summed E-state index contributed by atoms with van der Waals surface area (Å²) in [5.74, 6) is 0. The second-order valence-electron chi connectivity index (χ2n) is 3.29. The summed E-state index contributed by atoms with van der Waals surface area (Å²) in [7, 11) is 0. The fraction of sp³-hybridized carbons (Fsp3) is 1.00. The van der Waals surface area contributed by atoms with Crippen molar-refractivity contribution in [3.8, 4) is 0 Å². The first-order valence-electron chi connectivity index (χ1n) is 3.69. The molecule has 0 saturated heterocycles. The van der Waals surface area contributed by atoms with Crippen LogP contribution in [-0.2, 0) is 0 Å². The van der Waals surface area contributed by atoms with Gasteiger partial charge in [-0.15, -0.1) is 69.6 Å². The fourth-order valence-corrected chi connectivity index (χ4v) is 3.67. The Kier molecular flexibility index (Phi) is 4.25. The summed E-state index contributed by atoms with van der Waals surface area (Å²) >= 11 is 36.1. The molecule has 0 amide bonds. The average Bonchev–Trinajstić information content (AvgIpc) is 2.09. The lowest BCUT2D eigenvalue weighted by atomic mass is 9.87. The Balaban J connectivity index is 2.93. The van der Waals surface area contributed by atoms with Gasteiger partial charge >= 0.3 is 0 Å². The number of hydrogen-bond donors (Lipinski definition) is 0. The molecule has 1 fully saturated rings. The van der Waals surface area contributed by atoms with Gasteiger partial charge in [0.15, 0.2) is 0 Å². The summed E-state index contributed by atoms with van der Waals surface area (Å²) in [6, 6.07) is 0. The Hall–Kier alpha value is 1.74. The maximum Gasteiger partial charge on any atom is 0.0774 e. The minimum Gasteiger partial charge on any atom is -0.120 e. The van der Waals surface area contributed by atoms with Crippen LogP contribution < -0.4 is 0 Å². The molecular formula is C7H8Cl6. The quantitative estimate of drug-likeness (QED) is 0.593. The second-order valence-corrected chi connectivity index (χ2v) is 6.55. The maximum atomic E-state index is 6.14. The predicted octanol–water partition coefficient (Wildman–Crippen LogP) is 4.03. The Morgan fingerprint density at radius 2 is 1.08 bits per heavy atom. The van der Waals surface area contributed by atoms with Crippen molar-refractivity contribution in [2.24, 2.45) is 0 Å². The van der Waals surface area contributed by atoms with Crippen molar-refractivity contribution in [1.29, 1.82) is 0 Å². The van der Waals surface area contributed by atoms with Crippen LogP contribution >= 0.6 is 69.6 Å². The largest absolute Gasteiger partial charge is 0.120 e. The van der Waals surface area contributed by atoms with Crippen LogP contribution in [0.15, 0.2) is 0 Å². The molecular weight excluding hydrogens is 297 g/mol. The fourth-order valence-electron chi connectivity index (χ4n) is 1.27. The van der Waals surface area contributed by atoms with Gasteiger partial charge in [-0.05, 0) is 6.92 Å². The van der Waals surface area contributed by atoms with Crippen LogP contribution in [0.3, 0.4) is 0 Å². The van der Waals surface area contributed by atoms with Crippen molar-refractivity contribution in [2.45, 2.75) is 38.7 Å². The lowest BCUT2D eigenvalue weighted by Gasteiger charge is -2.44. The van der Waals surface area contributed by atoms with Crippen LogP contribution in [0.4, 0.5) is 0 Å². The molecule has 13 heavy (non-hydrogen) atoms. The van der Waals surface area contributed by atoms with Gasteiger partial charge in [0.25, 0.3) is 0 Å². The van der Waals surface area contributed by atoms with Crippen molar-refractivity contribution < 1.29 is 0 Å². The van der Waals surface area contributed by atoms with Crippen molar-refractivity contribution in [3.63, 3.8) is 0 Å². The molecule has 0 nitrogen and oxygen atoms in total. The van der Waals surface area contributed by atoms with E-state index >= 15 is 0 Å². The molecule has 0 aromatic rings. The predicted molar refractivity (Wildman–Crippen MR) is 62.5 cm³/mol. The summed E-state index contributed by atoms with van der Waals surface area (Å²) in [6.07, 6.45) is 0. The Morgan fingerprint density at radius 1 is 0.769 bits per heavy atom. The third-order valence-corrected chi connectivity index (χ3v) is 6.49. The highest BCUT2D eigenvalue weighted by atomic mass is 35.5. The molecule has 78 valence electrons. The molecule has 0 aliphatic heterocycles. The summed E-state index contributed by atoms with van der Waals surface area (Å²) in [6.45, 7) is 1.72. The third kappa shape index (κ3) is 2.14. The van der Waals surface area contributed by atoms with E-state index in [-0.39, 0.29) is 0 Å². The summed E-state index contributed by atoms with van der Waals surface area (Å²) in [5.41, 5.74) is 0. The molecule has 1 rings (SSSR count). The SMILES string of the molecule is CC1(Cl)[C@H](Cl)[C@@H](Cl)C(Cl)[C@H](Cl)[C@@H]1Cl. The standard InChI is InChI=1S/C7H8Cl6/c1-7(13)5(11)3(9)2(8)4(10)6(7)12/h2-6H,1H3/t2?,3-,4-,5-,6+,7?/m0/s1. The molecule has 0 aromatic heterocycles. The van der Waals surface area contributed by atoms with Crippen molar-refractivity contribution in [1.82, 2.24) is 0 Å².